The molecule has 0 aromatic carbocycles. The van der Waals surface area contributed by atoms with E-state index in [1.807, 2.05) is 49.9 Å². The van der Waals surface area contributed by atoms with Gasteiger partial charge in [0.05, 0.1) is 11.4 Å². The minimum absolute atomic E-state index is 0.0706. The van der Waals surface area contributed by atoms with Crippen LogP contribution < -0.4 is 10.9 Å². The van der Waals surface area contributed by atoms with Gasteiger partial charge in [0.25, 0.3) is 5.56 Å². The Balaban J connectivity index is 2.08. The van der Waals surface area contributed by atoms with Gasteiger partial charge in [-0.2, -0.15) is 0 Å². The van der Waals surface area contributed by atoms with E-state index in [1.165, 1.54) is 12.8 Å². The summed E-state index contributed by atoms with van der Waals surface area (Å²) >= 11 is 9.59. The number of aromatic nitrogens is 2. The third-order valence-electron chi connectivity index (χ3n) is 5.87. The highest BCUT2D eigenvalue weighted by Gasteiger charge is 2.45. The average molecular weight is 495 g/mol. The molecule has 1 aliphatic carbocycles. The Hall–Kier alpha value is -1.56. The molecule has 30 heavy (non-hydrogen) atoms. The van der Waals surface area contributed by atoms with Gasteiger partial charge < -0.3 is 5.32 Å². The van der Waals surface area contributed by atoms with Crippen molar-refractivity contribution in [2.75, 3.05) is 6.54 Å². The fraction of sp³-hybridized carbons (Fsp3) is 0.458. The minimum atomic E-state index is -0.0706. The highest BCUT2D eigenvalue weighted by molar-refractivity contribution is 9.10. The first-order valence-electron chi connectivity index (χ1n) is 10.4. The number of nitrogens with one attached hydrogen (secondary N) is 1. The van der Waals surface area contributed by atoms with Gasteiger partial charge in [-0.05, 0) is 66.1 Å². The van der Waals surface area contributed by atoms with Gasteiger partial charge in [-0.15, -0.1) is 0 Å². The summed E-state index contributed by atoms with van der Waals surface area (Å²) in [6, 6.07) is 0. The van der Waals surface area contributed by atoms with Gasteiger partial charge in [-0.1, -0.05) is 55.5 Å². The summed E-state index contributed by atoms with van der Waals surface area (Å²) in [6.45, 7) is 11.5. The van der Waals surface area contributed by atoms with Crippen molar-refractivity contribution in [2.45, 2.75) is 46.6 Å². The monoisotopic (exact) mass is 493 g/mol. The first kappa shape index (κ1) is 24.7. The quantitative estimate of drug-likeness (QED) is 0.296. The predicted octanol–water partition coefficient (Wildman–Crippen LogP) is 6.15. The van der Waals surface area contributed by atoms with Crippen molar-refractivity contribution in [3.8, 4) is 0 Å². The van der Waals surface area contributed by atoms with E-state index in [0.29, 0.717) is 22.4 Å². The van der Waals surface area contributed by atoms with E-state index in [4.69, 9.17) is 11.6 Å². The summed E-state index contributed by atoms with van der Waals surface area (Å²) in [4.78, 5) is 12.8. The Kier molecular flexibility index (Phi) is 9.20. The van der Waals surface area contributed by atoms with Crippen LogP contribution in [0.1, 0.15) is 45.7 Å². The van der Waals surface area contributed by atoms with Gasteiger partial charge in [-0.3, -0.25) is 9.48 Å². The molecule has 6 heteroatoms. The molecule has 1 aromatic rings. The average Bonchev–Trinajstić information content (AvgIpc) is 3.48. The molecule has 1 N–H and O–H groups in total. The molecule has 1 aromatic heterocycles. The zero-order valence-corrected chi connectivity index (χ0v) is 20.8. The number of halogens is 2. The summed E-state index contributed by atoms with van der Waals surface area (Å²) in [7, 11) is 1.91. The topological polar surface area (TPSA) is 39.0 Å². The van der Waals surface area contributed by atoms with Gasteiger partial charge in [0, 0.05) is 31.6 Å². The van der Waals surface area contributed by atoms with Crippen LogP contribution in [0.5, 0.6) is 0 Å². The van der Waals surface area contributed by atoms with Crippen molar-refractivity contribution in [1.29, 1.82) is 0 Å². The number of nitrogens with zero attached hydrogens (tertiary/aromatic N) is 2. The van der Waals surface area contributed by atoms with E-state index in [2.05, 4.69) is 46.9 Å². The largest absolute Gasteiger partial charge is 0.311 e. The van der Waals surface area contributed by atoms with E-state index in [-0.39, 0.29) is 5.56 Å². The highest BCUT2D eigenvalue weighted by atomic mass is 79.9. The molecule has 0 aliphatic heterocycles. The molecule has 0 saturated heterocycles. The summed E-state index contributed by atoms with van der Waals surface area (Å²) in [5, 5.41) is 4.46. The molecule has 4 nitrogen and oxygen atoms in total. The van der Waals surface area contributed by atoms with Gasteiger partial charge in [0.15, 0.2) is 0 Å². The van der Waals surface area contributed by atoms with Crippen LogP contribution in [-0.4, -0.2) is 15.9 Å². The van der Waals surface area contributed by atoms with E-state index < -0.39 is 0 Å². The normalized spacial score (nSPS) is 17.8. The van der Waals surface area contributed by atoms with Crippen molar-refractivity contribution < 1.29 is 0 Å². The molecule has 1 unspecified atom stereocenters. The Morgan fingerprint density at radius 3 is 2.67 bits per heavy atom. The van der Waals surface area contributed by atoms with Crippen molar-refractivity contribution in [1.82, 2.24) is 14.7 Å². The van der Waals surface area contributed by atoms with Crippen LogP contribution in [0.25, 0.3) is 5.70 Å². The van der Waals surface area contributed by atoms with Crippen LogP contribution in [0.3, 0.4) is 0 Å². The van der Waals surface area contributed by atoms with Crippen molar-refractivity contribution in [2.24, 2.45) is 18.4 Å². The lowest BCUT2D eigenvalue weighted by atomic mass is 9.90. The fourth-order valence-corrected chi connectivity index (χ4v) is 4.33. The Morgan fingerprint density at radius 1 is 1.40 bits per heavy atom. The van der Waals surface area contributed by atoms with E-state index >= 15 is 0 Å². The van der Waals surface area contributed by atoms with Gasteiger partial charge >= 0.3 is 0 Å². The predicted molar refractivity (Wildman–Crippen MR) is 133 cm³/mol. The van der Waals surface area contributed by atoms with Crippen molar-refractivity contribution in [3.05, 3.63) is 74.7 Å². The highest BCUT2D eigenvalue weighted by Crippen LogP contribution is 2.52. The maximum absolute atomic E-state index is 12.8. The standard InChI is InChI=1S/C24H33BrClN3O/c1-6-10-20(11-7-2)29-23(30)22(25)21(28(29)5)16-27-17-24(14-15-24)18(4)12-9-13-19(26)8-3/h6-12,18,27H,1,13-17H2,2-5H3/b11-7-,12-9-,19-8+,20-10+. The number of hydrogen-bond donors (Lipinski definition) is 1. The minimum Gasteiger partial charge on any atom is -0.311 e. The molecule has 164 valence electrons. The zero-order valence-electron chi connectivity index (χ0n) is 18.4. The molecule has 1 fully saturated rings. The Morgan fingerprint density at radius 2 is 2.10 bits per heavy atom. The van der Waals surface area contributed by atoms with E-state index in [1.54, 1.807) is 10.8 Å². The van der Waals surface area contributed by atoms with Crippen molar-refractivity contribution in [3.63, 3.8) is 0 Å². The maximum atomic E-state index is 12.8. The Labute approximate surface area is 193 Å². The van der Waals surface area contributed by atoms with Crippen LogP contribution in [0, 0.1) is 11.3 Å². The van der Waals surface area contributed by atoms with E-state index in [0.717, 1.165) is 29.4 Å². The first-order chi connectivity index (χ1) is 14.3. The van der Waals surface area contributed by atoms with Crippen LogP contribution in [0.15, 0.2) is 63.4 Å². The molecule has 0 amide bonds. The summed E-state index contributed by atoms with van der Waals surface area (Å²) < 4.78 is 4.15. The molecule has 0 spiro atoms. The number of allylic oxidation sites excluding steroid dienone is 9. The molecular formula is C24H33BrClN3O. The smallest absolute Gasteiger partial charge is 0.286 e. The summed E-state index contributed by atoms with van der Waals surface area (Å²) in [5.41, 5.74) is 1.94. The third-order valence-corrected chi connectivity index (χ3v) is 7.04. The second kappa shape index (κ2) is 11.2. The van der Waals surface area contributed by atoms with Crippen LogP contribution >= 0.6 is 27.5 Å². The van der Waals surface area contributed by atoms with Gasteiger partial charge in [0.2, 0.25) is 0 Å². The SMILES string of the molecule is C=C/C=C(\C=C/C)n1c(=O)c(Br)c(CNCC2(C(C)/C=C\C/C(Cl)=C\C)CC2)n1C. The Bertz CT molecular complexity index is 929. The molecule has 1 heterocycles. The molecule has 2 rings (SSSR count). The van der Waals surface area contributed by atoms with E-state index in [9.17, 15) is 4.79 Å². The molecule has 1 aliphatic rings. The second-order valence-electron chi connectivity index (χ2n) is 7.85. The van der Waals surface area contributed by atoms with Crippen LogP contribution in [-0.2, 0) is 13.6 Å². The summed E-state index contributed by atoms with van der Waals surface area (Å²) in [5.74, 6) is 0.486. The molecule has 0 bridgehead atoms. The lowest BCUT2D eigenvalue weighted by Crippen LogP contribution is -2.28. The second-order valence-corrected chi connectivity index (χ2v) is 9.13. The van der Waals surface area contributed by atoms with Gasteiger partial charge in [0.1, 0.15) is 4.47 Å². The molecular weight excluding hydrogens is 462 g/mol. The third kappa shape index (κ3) is 5.77. The number of rotatable bonds is 11. The van der Waals surface area contributed by atoms with Crippen LogP contribution in [0.2, 0.25) is 0 Å². The first-order valence-corrected chi connectivity index (χ1v) is 11.6. The van der Waals surface area contributed by atoms with Crippen LogP contribution in [0.4, 0.5) is 0 Å². The lowest BCUT2D eigenvalue weighted by molar-refractivity contribution is 0.365. The number of hydrogen-bond acceptors (Lipinski definition) is 2. The lowest BCUT2D eigenvalue weighted by Gasteiger charge is -2.21. The molecule has 1 atom stereocenters. The van der Waals surface area contributed by atoms with Gasteiger partial charge in [-0.25, -0.2) is 4.68 Å². The van der Waals surface area contributed by atoms with Crippen molar-refractivity contribution >= 4 is 33.2 Å². The zero-order chi connectivity index (χ0) is 22.3. The molecule has 0 radical (unpaired) electrons. The maximum Gasteiger partial charge on any atom is 0.286 e. The summed E-state index contributed by atoms with van der Waals surface area (Å²) in [6.07, 6.45) is 17.0. The molecule has 1 saturated carbocycles. The fourth-order valence-electron chi connectivity index (χ4n) is 3.68.